The Balaban J connectivity index is 1.41. The van der Waals surface area contributed by atoms with Gasteiger partial charge in [0.15, 0.2) is 0 Å². The molecule has 2 saturated carbocycles. The molecule has 0 bridgehead atoms. The number of rotatable bonds is 4. The van der Waals surface area contributed by atoms with Crippen molar-refractivity contribution in [3.05, 3.63) is 0 Å². The summed E-state index contributed by atoms with van der Waals surface area (Å²) in [5.74, 6) is 1.07. The van der Waals surface area contributed by atoms with E-state index < -0.39 is 0 Å². The van der Waals surface area contributed by atoms with Gasteiger partial charge < -0.3 is 14.6 Å². The minimum atomic E-state index is -0.355. The predicted octanol–water partition coefficient (Wildman–Crippen LogP) is 2.53. The molecule has 0 aromatic carbocycles. The number of ether oxygens (including phenoxy) is 2. The molecule has 0 spiro atoms. The zero-order valence-corrected chi connectivity index (χ0v) is 13.2. The standard InChI is InChI=1S/C17H28O4/c1-10(2)13-5-4-12(8-14(13)18)17(19)20-9-11-3-6-15-16(7-11)21-15/h10-16,18H,3-9H2,1-2H3. The Labute approximate surface area is 127 Å². The summed E-state index contributed by atoms with van der Waals surface area (Å²) in [7, 11) is 0. The monoisotopic (exact) mass is 296 g/mol. The maximum absolute atomic E-state index is 12.2. The number of epoxide rings is 1. The molecule has 3 fully saturated rings. The van der Waals surface area contributed by atoms with Crippen LogP contribution in [0.3, 0.4) is 0 Å². The summed E-state index contributed by atoms with van der Waals surface area (Å²) in [6, 6.07) is 0. The van der Waals surface area contributed by atoms with Crippen LogP contribution in [0, 0.1) is 23.7 Å². The van der Waals surface area contributed by atoms with Gasteiger partial charge in [-0.2, -0.15) is 0 Å². The number of aliphatic hydroxyl groups is 1. The molecule has 120 valence electrons. The van der Waals surface area contributed by atoms with Crippen LogP contribution in [0.15, 0.2) is 0 Å². The van der Waals surface area contributed by atoms with E-state index in [0.29, 0.717) is 43.0 Å². The van der Waals surface area contributed by atoms with E-state index in [9.17, 15) is 9.90 Å². The van der Waals surface area contributed by atoms with Gasteiger partial charge in [0.2, 0.25) is 0 Å². The van der Waals surface area contributed by atoms with Crippen molar-refractivity contribution < 1.29 is 19.4 Å². The zero-order chi connectivity index (χ0) is 15.0. The molecule has 1 heterocycles. The van der Waals surface area contributed by atoms with Gasteiger partial charge >= 0.3 is 5.97 Å². The van der Waals surface area contributed by atoms with Crippen molar-refractivity contribution in [1.82, 2.24) is 0 Å². The maximum Gasteiger partial charge on any atom is 0.309 e. The lowest BCUT2D eigenvalue weighted by Crippen LogP contribution is -2.36. The summed E-state index contributed by atoms with van der Waals surface area (Å²) in [6.07, 6.45) is 6.20. The van der Waals surface area contributed by atoms with Crippen LogP contribution in [0.25, 0.3) is 0 Å². The molecule has 0 amide bonds. The van der Waals surface area contributed by atoms with Gasteiger partial charge in [0.25, 0.3) is 0 Å². The minimum absolute atomic E-state index is 0.102. The Bertz CT molecular complexity index is 381. The molecular formula is C17H28O4. The first-order valence-corrected chi connectivity index (χ1v) is 8.54. The predicted molar refractivity (Wildman–Crippen MR) is 78.6 cm³/mol. The van der Waals surface area contributed by atoms with E-state index in [4.69, 9.17) is 9.47 Å². The van der Waals surface area contributed by atoms with E-state index >= 15 is 0 Å². The smallest absolute Gasteiger partial charge is 0.309 e. The van der Waals surface area contributed by atoms with Crippen molar-refractivity contribution in [2.45, 2.75) is 70.7 Å². The highest BCUT2D eigenvalue weighted by Crippen LogP contribution is 2.40. The van der Waals surface area contributed by atoms with Gasteiger partial charge in [-0.3, -0.25) is 4.79 Å². The fraction of sp³-hybridized carbons (Fsp3) is 0.941. The molecule has 1 N–H and O–H groups in total. The number of fused-ring (bicyclic) bond motifs is 1. The highest BCUT2D eigenvalue weighted by molar-refractivity contribution is 5.72. The number of aliphatic hydroxyl groups excluding tert-OH is 1. The van der Waals surface area contributed by atoms with Gasteiger partial charge in [0.05, 0.1) is 30.8 Å². The first kappa shape index (κ1) is 15.3. The van der Waals surface area contributed by atoms with Gasteiger partial charge in [0, 0.05) is 0 Å². The summed E-state index contributed by atoms with van der Waals surface area (Å²) in [5, 5.41) is 10.2. The summed E-state index contributed by atoms with van der Waals surface area (Å²) < 4.78 is 11.0. The summed E-state index contributed by atoms with van der Waals surface area (Å²) in [5.41, 5.74) is 0. The molecule has 1 saturated heterocycles. The second kappa shape index (κ2) is 6.25. The molecule has 0 aromatic rings. The van der Waals surface area contributed by atoms with Gasteiger partial charge in [-0.1, -0.05) is 13.8 Å². The van der Waals surface area contributed by atoms with E-state index in [1.54, 1.807) is 0 Å². The van der Waals surface area contributed by atoms with Crippen molar-refractivity contribution in [3.8, 4) is 0 Å². The van der Waals surface area contributed by atoms with E-state index in [-0.39, 0.29) is 18.0 Å². The second-order valence-corrected chi connectivity index (χ2v) is 7.51. The molecule has 3 rings (SSSR count). The minimum Gasteiger partial charge on any atom is -0.465 e. The number of hydrogen-bond acceptors (Lipinski definition) is 4. The Kier molecular flexibility index (Phi) is 4.55. The van der Waals surface area contributed by atoms with Crippen LogP contribution in [-0.2, 0) is 14.3 Å². The maximum atomic E-state index is 12.2. The van der Waals surface area contributed by atoms with Gasteiger partial charge in [0.1, 0.15) is 0 Å². The molecule has 0 aromatic heterocycles. The average molecular weight is 296 g/mol. The molecular weight excluding hydrogens is 268 g/mol. The SMILES string of the molecule is CC(C)C1CCC(C(=O)OCC2CCC3OC3C2)CC1O. The van der Waals surface area contributed by atoms with Crippen molar-refractivity contribution >= 4 is 5.97 Å². The van der Waals surface area contributed by atoms with Gasteiger partial charge in [-0.25, -0.2) is 0 Å². The fourth-order valence-corrected chi connectivity index (χ4v) is 4.12. The molecule has 6 unspecified atom stereocenters. The van der Waals surface area contributed by atoms with Crippen molar-refractivity contribution in [2.75, 3.05) is 6.61 Å². The van der Waals surface area contributed by atoms with Gasteiger partial charge in [-0.15, -0.1) is 0 Å². The third-order valence-corrected chi connectivity index (χ3v) is 5.63. The molecule has 0 radical (unpaired) electrons. The normalized spacial score (nSPS) is 42.5. The Morgan fingerprint density at radius 1 is 1.19 bits per heavy atom. The largest absolute Gasteiger partial charge is 0.465 e. The molecule has 4 heteroatoms. The first-order valence-electron chi connectivity index (χ1n) is 8.54. The molecule has 3 aliphatic rings. The highest BCUT2D eigenvalue weighted by atomic mass is 16.6. The van der Waals surface area contributed by atoms with Crippen LogP contribution in [0.1, 0.15) is 52.4 Å². The Morgan fingerprint density at radius 2 is 2.00 bits per heavy atom. The lowest BCUT2D eigenvalue weighted by molar-refractivity contribution is -0.154. The Morgan fingerprint density at radius 3 is 2.67 bits per heavy atom. The van der Waals surface area contributed by atoms with E-state index in [1.807, 2.05) is 0 Å². The second-order valence-electron chi connectivity index (χ2n) is 7.51. The number of carbonyl (C=O) groups excluding carboxylic acids is 1. The van der Waals surface area contributed by atoms with Crippen LogP contribution in [0.4, 0.5) is 0 Å². The molecule has 1 aliphatic heterocycles. The van der Waals surface area contributed by atoms with Crippen LogP contribution in [0.5, 0.6) is 0 Å². The number of hydrogen-bond donors (Lipinski definition) is 1. The van der Waals surface area contributed by atoms with E-state index in [1.165, 1.54) is 0 Å². The van der Waals surface area contributed by atoms with Crippen molar-refractivity contribution in [2.24, 2.45) is 23.7 Å². The van der Waals surface area contributed by atoms with E-state index in [0.717, 1.165) is 32.1 Å². The quantitative estimate of drug-likeness (QED) is 0.640. The summed E-state index contributed by atoms with van der Waals surface area (Å²) in [6.45, 7) is 4.82. The highest BCUT2D eigenvalue weighted by Gasteiger charge is 2.44. The van der Waals surface area contributed by atoms with Crippen molar-refractivity contribution in [1.29, 1.82) is 0 Å². The Hall–Kier alpha value is -0.610. The molecule has 4 nitrogen and oxygen atoms in total. The zero-order valence-electron chi connectivity index (χ0n) is 13.2. The molecule has 6 atom stereocenters. The lowest BCUT2D eigenvalue weighted by atomic mass is 9.75. The number of carbonyl (C=O) groups is 1. The summed E-state index contributed by atoms with van der Waals surface area (Å²) >= 11 is 0. The van der Waals surface area contributed by atoms with Crippen LogP contribution in [0.2, 0.25) is 0 Å². The van der Waals surface area contributed by atoms with Crippen LogP contribution >= 0.6 is 0 Å². The van der Waals surface area contributed by atoms with E-state index in [2.05, 4.69) is 13.8 Å². The van der Waals surface area contributed by atoms with Gasteiger partial charge in [-0.05, 0) is 56.3 Å². The van der Waals surface area contributed by atoms with Crippen LogP contribution < -0.4 is 0 Å². The average Bonchev–Trinajstić information content (AvgIpc) is 3.22. The first-order chi connectivity index (χ1) is 10.0. The van der Waals surface area contributed by atoms with Crippen molar-refractivity contribution in [3.63, 3.8) is 0 Å². The number of esters is 1. The topological polar surface area (TPSA) is 59.1 Å². The fourth-order valence-electron chi connectivity index (χ4n) is 4.12. The molecule has 2 aliphatic carbocycles. The lowest BCUT2D eigenvalue weighted by Gasteiger charge is -2.34. The summed E-state index contributed by atoms with van der Waals surface area (Å²) in [4.78, 5) is 12.2. The third kappa shape index (κ3) is 3.59. The third-order valence-electron chi connectivity index (χ3n) is 5.63. The molecule has 21 heavy (non-hydrogen) atoms. The van der Waals surface area contributed by atoms with Crippen LogP contribution in [-0.4, -0.2) is 36.0 Å².